The first kappa shape index (κ1) is 23.2. The Labute approximate surface area is 185 Å². The smallest absolute Gasteiger partial charge is 0.253 e. The minimum Gasteiger partial charge on any atom is -0.496 e. The van der Waals surface area contributed by atoms with E-state index < -0.39 is 10.0 Å². The van der Waals surface area contributed by atoms with Gasteiger partial charge in [0.2, 0.25) is 10.0 Å². The number of aromatic nitrogens is 1. The highest BCUT2D eigenvalue weighted by atomic mass is 32.2. The Balaban J connectivity index is 1.83. The summed E-state index contributed by atoms with van der Waals surface area (Å²) in [6.07, 6.45) is 4.48. The first-order chi connectivity index (χ1) is 14.7. The van der Waals surface area contributed by atoms with Crippen LogP contribution in [-0.2, 0) is 16.6 Å². The molecule has 1 atom stereocenters. The van der Waals surface area contributed by atoms with E-state index in [1.165, 1.54) is 6.07 Å². The maximum absolute atomic E-state index is 13.2. The van der Waals surface area contributed by atoms with Gasteiger partial charge in [0, 0.05) is 42.5 Å². The fraction of sp³-hybridized carbons (Fsp3) is 0.478. The highest BCUT2D eigenvalue weighted by Crippen LogP contribution is 2.27. The molecule has 8 heteroatoms. The summed E-state index contributed by atoms with van der Waals surface area (Å²) in [6.45, 7) is 6.58. The van der Waals surface area contributed by atoms with E-state index in [0.717, 1.165) is 41.8 Å². The second-order valence-electron chi connectivity index (χ2n) is 8.20. The molecule has 168 valence electrons. The van der Waals surface area contributed by atoms with E-state index in [1.807, 2.05) is 20.8 Å². The lowest BCUT2D eigenvalue weighted by atomic mass is 10.1. The van der Waals surface area contributed by atoms with Gasteiger partial charge < -0.3 is 9.64 Å². The number of hydrogen-bond acceptors (Lipinski definition) is 5. The Morgan fingerprint density at radius 1 is 1.29 bits per heavy atom. The number of piperidine rings is 1. The number of aryl methyl sites for hydroxylation is 1. The van der Waals surface area contributed by atoms with Crippen LogP contribution in [0.5, 0.6) is 5.75 Å². The molecule has 0 bridgehead atoms. The molecule has 1 fully saturated rings. The largest absolute Gasteiger partial charge is 0.496 e. The van der Waals surface area contributed by atoms with Crippen LogP contribution < -0.4 is 4.74 Å². The predicted molar refractivity (Wildman–Crippen MR) is 120 cm³/mol. The lowest BCUT2D eigenvalue weighted by molar-refractivity contribution is 0.0783. The van der Waals surface area contributed by atoms with Gasteiger partial charge in [-0.05, 0) is 51.8 Å². The maximum Gasteiger partial charge on any atom is 0.253 e. The van der Waals surface area contributed by atoms with Crippen LogP contribution in [0.25, 0.3) is 0 Å². The molecule has 1 aliphatic rings. The molecular formula is C23H31N3O4S. The van der Waals surface area contributed by atoms with Gasteiger partial charge in [-0.2, -0.15) is 4.31 Å². The minimum atomic E-state index is -3.64. The van der Waals surface area contributed by atoms with Gasteiger partial charge in [0.1, 0.15) is 5.75 Å². The summed E-state index contributed by atoms with van der Waals surface area (Å²) in [4.78, 5) is 19.2. The van der Waals surface area contributed by atoms with Crippen molar-refractivity contribution in [3.63, 3.8) is 0 Å². The Kier molecular flexibility index (Phi) is 7.01. The monoisotopic (exact) mass is 445 g/mol. The van der Waals surface area contributed by atoms with Crippen molar-refractivity contribution in [3.8, 4) is 5.75 Å². The van der Waals surface area contributed by atoms with Crippen LogP contribution in [0.2, 0.25) is 0 Å². The molecule has 0 saturated carbocycles. The first-order valence-corrected chi connectivity index (χ1v) is 12.0. The van der Waals surface area contributed by atoms with Crippen LogP contribution in [0.15, 0.2) is 35.4 Å². The summed E-state index contributed by atoms with van der Waals surface area (Å²) in [5, 5.41) is 0. The van der Waals surface area contributed by atoms with Crippen LogP contribution in [0.1, 0.15) is 53.4 Å². The van der Waals surface area contributed by atoms with E-state index in [0.29, 0.717) is 18.7 Å². The summed E-state index contributed by atoms with van der Waals surface area (Å²) in [5.74, 6) is 0.499. The molecule has 0 N–H and O–H groups in total. The van der Waals surface area contributed by atoms with Gasteiger partial charge in [-0.15, -0.1) is 0 Å². The number of pyridine rings is 1. The van der Waals surface area contributed by atoms with Gasteiger partial charge in [-0.3, -0.25) is 9.78 Å². The average Bonchev–Trinajstić information content (AvgIpc) is 2.75. The van der Waals surface area contributed by atoms with Crippen molar-refractivity contribution in [3.05, 3.63) is 52.8 Å². The van der Waals surface area contributed by atoms with E-state index in [2.05, 4.69) is 4.98 Å². The number of carbonyl (C=O) groups is 1. The zero-order valence-electron chi connectivity index (χ0n) is 18.9. The van der Waals surface area contributed by atoms with Crippen molar-refractivity contribution in [1.82, 2.24) is 14.2 Å². The molecule has 7 nitrogen and oxygen atoms in total. The quantitative estimate of drug-likeness (QED) is 0.679. The minimum absolute atomic E-state index is 0.0358. The third-order valence-electron chi connectivity index (χ3n) is 5.91. The molecule has 0 spiro atoms. The molecule has 0 radical (unpaired) electrons. The van der Waals surface area contributed by atoms with Crippen LogP contribution >= 0.6 is 0 Å². The molecule has 1 amide bonds. The molecule has 3 rings (SSSR count). The topological polar surface area (TPSA) is 79.8 Å². The zero-order valence-corrected chi connectivity index (χ0v) is 19.7. The van der Waals surface area contributed by atoms with Crippen LogP contribution in [-0.4, -0.2) is 55.3 Å². The zero-order chi connectivity index (χ0) is 22.8. The van der Waals surface area contributed by atoms with Crippen molar-refractivity contribution in [2.75, 3.05) is 20.7 Å². The molecule has 1 aromatic heterocycles. The van der Waals surface area contributed by atoms with Crippen molar-refractivity contribution < 1.29 is 17.9 Å². The van der Waals surface area contributed by atoms with Crippen molar-refractivity contribution >= 4 is 15.9 Å². The number of rotatable bonds is 6. The average molecular weight is 446 g/mol. The third kappa shape index (κ3) is 4.75. The van der Waals surface area contributed by atoms with Gasteiger partial charge in [0.15, 0.2) is 0 Å². The molecule has 1 aromatic carbocycles. The van der Waals surface area contributed by atoms with Crippen molar-refractivity contribution in [2.45, 2.75) is 57.5 Å². The summed E-state index contributed by atoms with van der Waals surface area (Å²) in [5.41, 5.74) is 2.90. The lowest BCUT2D eigenvalue weighted by Crippen LogP contribution is -2.42. The molecule has 2 heterocycles. The number of amides is 1. The standard InChI is InChI=1S/C23H31N3O4S/c1-16-14-24-21(18(3)22(16)30-5)15-25(4)23(27)19-10-8-11-20(13-19)31(28,29)26-12-7-6-9-17(26)2/h8,10-11,13-14,17H,6-7,9,12,15H2,1-5H3. The normalized spacial score (nSPS) is 17.4. The summed E-state index contributed by atoms with van der Waals surface area (Å²) in [6, 6.07) is 6.27. The Hall–Kier alpha value is -2.45. The number of benzene rings is 1. The molecule has 1 unspecified atom stereocenters. The lowest BCUT2D eigenvalue weighted by Gasteiger charge is -2.32. The SMILES string of the molecule is COc1c(C)cnc(CN(C)C(=O)c2cccc(S(=O)(=O)N3CCCCC3C)c2)c1C. The molecule has 1 saturated heterocycles. The molecule has 0 aliphatic carbocycles. The van der Waals surface area contributed by atoms with Crippen molar-refractivity contribution in [2.24, 2.45) is 0 Å². The molecule has 1 aliphatic heterocycles. The fourth-order valence-corrected chi connectivity index (χ4v) is 5.85. The van der Waals surface area contributed by atoms with E-state index in [4.69, 9.17) is 4.74 Å². The number of ether oxygens (including phenoxy) is 1. The summed E-state index contributed by atoms with van der Waals surface area (Å²) in [7, 11) is -0.340. The van der Waals surface area contributed by atoms with E-state index in [1.54, 1.807) is 47.8 Å². The number of nitrogens with zero attached hydrogens (tertiary/aromatic N) is 3. The van der Waals surface area contributed by atoms with E-state index in [9.17, 15) is 13.2 Å². The predicted octanol–water partition coefficient (Wildman–Crippen LogP) is 3.54. The summed E-state index contributed by atoms with van der Waals surface area (Å²) < 4.78 is 33.3. The van der Waals surface area contributed by atoms with Crippen LogP contribution in [0.4, 0.5) is 0 Å². The Morgan fingerprint density at radius 2 is 2.03 bits per heavy atom. The number of hydrogen-bond donors (Lipinski definition) is 0. The second kappa shape index (κ2) is 9.36. The van der Waals surface area contributed by atoms with Crippen LogP contribution in [0, 0.1) is 13.8 Å². The van der Waals surface area contributed by atoms with Gasteiger partial charge >= 0.3 is 0 Å². The Bertz CT molecular complexity index is 1070. The van der Waals surface area contributed by atoms with Crippen LogP contribution in [0.3, 0.4) is 0 Å². The highest BCUT2D eigenvalue weighted by Gasteiger charge is 2.31. The van der Waals surface area contributed by atoms with Gasteiger partial charge in [0.25, 0.3) is 5.91 Å². The molecular weight excluding hydrogens is 414 g/mol. The van der Waals surface area contributed by atoms with Gasteiger partial charge in [-0.1, -0.05) is 12.5 Å². The number of carbonyl (C=O) groups excluding carboxylic acids is 1. The van der Waals surface area contributed by atoms with E-state index in [-0.39, 0.29) is 16.8 Å². The van der Waals surface area contributed by atoms with Crippen molar-refractivity contribution in [1.29, 1.82) is 0 Å². The Morgan fingerprint density at radius 3 is 2.71 bits per heavy atom. The fourth-order valence-electron chi connectivity index (χ4n) is 4.10. The number of sulfonamides is 1. The van der Waals surface area contributed by atoms with Gasteiger partial charge in [0.05, 0.1) is 24.2 Å². The van der Waals surface area contributed by atoms with Gasteiger partial charge in [-0.25, -0.2) is 8.42 Å². The highest BCUT2D eigenvalue weighted by molar-refractivity contribution is 7.89. The maximum atomic E-state index is 13.2. The molecule has 31 heavy (non-hydrogen) atoms. The molecule has 2 aromatic rings. The first-order valence-electron chi connectivity index (χ1n) is 10.5. The third-order valence-corrected chi connectivity index (χ3v) is 7.92. The second-order valence-corrected chi connectivity index (χ2v) is 10.1. The van der Waals surface area contributed by atoms with E-state index >= 15 is 0 Å². The summed E-state index contributed by atoms with van der Waals surface area (Å²) >= 11 is 0. The number of methoxy groups -OCH3 is 1.